The highest BCUT2D eigenvalue weighted by molar-refractivity contribution is 7.10. The fraction of sp³-hybridized carbons (Fsp3) is 0.514. The lowest BCUT2D eigenvalue weighted by Gasteiger charge is -2.38. The number of hydrogen-bond donors (Lipinski definition) is 0. The van der Waals surface area contributed by atoms with Crippen LogP contribution in [-0.4, -0.2) is 104 Å². The molecule has 89 heavy (non-hydrogen) atoms. The molecule has 0 spiro atoms. The van der Waals surface area contributed by atoms with Crippen LogP contribution < -0.4 is 0 Å². The Morgan fingerprint density at radius 3 is 1.13 bits per heavy atom. The van der Waals surface area contributed by atoms with Crippen LogP contribution in [-0.2, 0) is 103 Å². The molecule has 3 heterocycles. The topological polar surface area (TPSA) is 229 Å². The molecule has 19 heteroatoms. The van der Waals surface area contributed by atoms with Crippen LogP contribution in [0.3, 0.4) is 0 Å². The van der Waals surface area contributed by atoms with Gasteiger partial charge in [-0.1, -0.05) is 111 Å². The third kappa shape index (κ3) is 22.5. The Morgan fingerprint density at radius 2 is 0.798 bits per heavy atom. The summed E-state index contributed by atoms with van der Waals surface area (Å²) in [6.07, 6.45) is 11.4. The monoisotopic (exact) mass is 1250 g/mol. The van der Waals surface area contributed by atoms with Gasteiger partial charge in [-0.05, 0) is 156 Å². The molecule has 486 valence electrons. The first kappa shape index (κ1) is 74.0. The van der Waals surface area contributed by atoms with Crippen molar-refractivity contribution in [3.8, 4) is 0 Å². The quantitative estimate of drug-likeness (QED) is 0.0443. The molecule has 5 unspecified atom stereocenters. The fourth-order valence-corrected chi connectivity index (χ4v) is 10.8. The third-order valence-corrected chi connectivity index (χ3v) is 16.3. The van der Waals surface area contributed by atoms with Gasteiger partial charge in [-0.2, -0.15) is 0 Å². The molecular weight excluding hydrogens is 1160 g/mol. The summed E-state index contributed by atoms with van der Waals surface area (Å²) >= 11 is 1.51. The van der Waals surface area contributed by atoms with Crippen LogP contribution in [0.15, 0.2) is 127 Å². The zero-order valence-corrected chi connectivity index (χ0v) is 54.7. The summed E-state index contributed by atoms with van der Waals surface area (Å²) in [5.41, 5.74) is 2.61. The van der Waals surface area contributed by atoms with Crippen LogP contribution in [0.25, 0.3) is 0 Å². The van der Waals surface area contributed by atoms with Crippen molar-refractivity contribution in [1.29, 1.82) is 0 Å². The highest BCUT2D eigenvalue weighted by Gasteiger charge is 2.44. The molecule has 4 fully saturated rings. The van der Waals surface area contributed by atoms with Gasteiger partial charge in [0.15, 0.2) is 30.0 Å². The number of carbonyl (C=O) groups is 8. The molecule has 2 aliphatic carbocycles. The SMILES string of the molecule is C=C(C)C(=O)OC(C)C(=O)OC1(/C=C/C)CCCCC1.C=C(C)C(=O)OC(C)C(=O)OC1(c2ccc(C)cc2)CCCCC1.C=C(C)C(=O)OC(C)C(=O)OC1(c2ccc(C)cc2)CCOCC1.C=C(C)C(=O)OC(C)C(=O)OC1(c2cccs2)CCOC1. The number of aryl methyl sites for hydroxylation is 2. The highest BCUT2D eigenvalue weighted by Crippen LogP contribution is 2.42. The number of carbonyl (C=O) groups excluding carboxylic acids is 8. The summed E-state index contributed by atoms with van der Waals surface area (Å²) in [6, 6.07) is 19.9. The number of benzene rings is 2. The zero-order chi connectivity index (χ0) is 66.1. The number of esters is 8. The molecule has 0 radical (unpaired) electrons. The van der Waals surface area contributed by atoms with Gasteiger partial charge in [0, 0.05) is 41.6 Å². The van der Waals surface area contributed by atoms with Crippen molar-refractivity contribution in [2.45, 2.75) is 206 Å². The molecule has 5 atom stereocenters. The van der Waals surface area contributed by atoms with Gasteiger partial charge in [-0.25, -0.2) is 38.4 Å². The van der Waals surface area contributed by atoms with Crippen LogP contribution in [0.4, 0.5) is 0 Å². The minimum atomic E-state index is -0.987. The van der Waals surface area contributed by atoms with Crippen molar-refractivity contribution < 1.29 is 85.7 Å². The number of hydrogen-bond acceptors (Lipinski definition) is 19. The van der Waals surface area contributed by atoms with E-state index in [1.807, 2.05) is 99.0 Å². The van der Waals surface area contributed by atoms with Crippen LogP contribution in [0.5, 0.6) is 0 Å². The van der Waals surface area contributed by atoms with Gasteiger partial charge in [0.05, 0.1) is 31.3 Å². The predicted octanol–water partition coefficient (Wildman–Crippen LogP) is 13.0. The number of allylic oxidation sites excluding steroid dienone is 1. The van der Waals surface area contributed by atoms with Crippen LogP contribution in [0.1, 0.15) is 173 Å². The second-order valence-corrected chi connectivity index (χ2v) is 24.2. The van der Waals surface area contributed by atoms with Crippen molar-refractivity contribution >= 4 is 59.1 Å². The maximum Gasteiger partial charge on any atom is 0.348 e. The maximum atomic E-state index is 12.5. The number of thiophene rings is 1. The first-order chi connectivity index (χ1) is 42.0. The second kappa shape index (κ2) is 35.1. The Morgan fingerprint density at radius 1 is 0.461 bits per heavy atom. The molecule has 0 amide bonds. The van der Waals surface area contributed by atoms with Crippen LogP contribution in [0.2, 0.25) is 0 Å². The molecule has 0 bridgehead atoms. The fourth-order valence-electron chi connectivity index (χ4n) is 9.95. The van der Waals surface area contributed by atoms with E-state index in [0.29, 0.717) is 45.7 Å². The predicted molar refractivity (Wildman–Crippen MR) is 337 cm³/mol. The van der Waals surface area contributed by atoms with E-state index in [1.165, 1.54) is 58.4 Å². The summed E-state index contributed by atoms with van der Waals surface area (Å²) < 4.78 is 54.0. The van der Waals surface area contributed by atoms with Gasteiger partial charge in [-0.3, -0.25) is 0 Å². The van der Waals surface area contributed by atoms with Gasteiger partial charge in [-0.15, -0.1) is 11.3 Å². The molecular formula is C70H92O18S. The lowest BCUT2D eigenvalue weighted by molar-refractivity contribution is -0.185. The number of ether oxygens (including phenoxy) is 10. The van der Waals surface area contributed by atoms with E-state index in [2.05, 4.69) is 26.3 Å². The Kier molecular flexibility index (Phi) is 29.1. The van der Waals surface area contributed by atoms with E-state index in [0.717, 1.165) is 85.8 Å². The average Bonchev–Trinajstić information content (AvgIpc) is 2.72. The van der Waals surface area contributed by atoms with E-state index >= 15 is 0 Å². The Labute approximate surface area is 529 Å². The molecule has 1 aromatic heterocycles. The molecule has 0 N–H and O–H groups in total. The normalized spacial score (nSPS) is 19.2. The molecule has 4 aliphatic rings. The second-order valence-electron chi connectivity index (χ2n) is 23.3. The standard InChI is InChI=1S/C20H26O4.C19H24O5.C16H24O4.C15H18O5S/c1-14(2)18(21)23-16(4)19(22)24-20(12-6-5-7-13-20)17-10-8-15(3)9-11-17;1-13(2)17(20)23-15(4)18(21)24-19(9-11-22-12-10-19)16-7-5-14(3)6-8-16;1-5-9-16(10-7-6-8-11-16)20-15(18)13(4)19-14(17)12(2)3;1-10(2)13(16)19-11(3)14(17)20-15(6-7-18-9-15)12-5-4-8-21-12/h8-11,16H,1,5-7,12-13H2,2-4H3;5-8,15H,1,9-12H2,2-4H3;5,9,13H,2,6-8,10-11H2,1,3-4H3;4-5,8,11H,1,6-7,9H2,2-3H3/b;;9-5+;. The van der Waals surface area contributed by atoms with Gasteiger partial charge in [0.2, 0.25) is 0 Å². The lowest BCUT2D eigenvalue weighted by Crippen LogP contribution is -2.41. The van der Waals surface area contributed by atoms with Crippen molar-refractivity contribution in [1.82, 2.24) is 0 Å². The van der Waals surface area contributed by atoms with Gasteiger partial charge >= 0.3 is 47.8 Å². The highest BCUT2D eigenvalue weighted by atomic mass is 32.1. The smallest absolute Gasteiger partial charge is 0.348 e. The van der Waals surface area contributed by atoms with E-state index in [4.69, 9.17) is 47.4 Å². The molecule has 2 aliphatic heterocycles. The summed E-state index contributed by atoms with van der Waals surface area (Å²) in [6.45, 7) is 34.0. The Balaban J connectivity index is 0.000000254. The molecule has 2 saturated heterocycles. The summed E-state index contributed by atoms with van der Waals surface area (Å²) in [7, 11) is 0. The van der Waals surface area contributed by atoms with Gasteiger partial charge in [0.25, 0.3) is 0 Å². The van der Waals surface area contributed by atoms with Gasteiger partial charge < -0.3 is 47.4 Å². The Bertz CT molecular complexity index is 2830. The largest absolute Gasteiger partial charge is 0.452 e. The zero-order valence-electron chi connectivity index (χ0n) is 53.9. The first-order valence-electron chi connectivity index (χ1n) is 30.4. The molecule has 7 rings (SSSR count). The van der Waals surface area contributed by atoms with Crippen LogP contribution >= 0.6 is 11.3 Å². The molecule has 3 aromatic rings. The average molecular weight is 1250 g/mol. The summed E-state index contributed by atoms with van der Waals surface area (Å²) in [4.78, 5) is 96.2. The van der Waals surface area contributed by atoms with Gasteiger partial charge in [0.1, 0.15) is 16.8 Å². The first-order valence-corrected chi connectivity index (χ1v) is 31.3. The Hall–Kier alpha value is -7.48. The molecule has 2 aromatic carbocycles. The third-order valence-electron chi connectivity index (χ3n) is 15.3. The van der Waals surface area contributed by atoms with Crippen molar-refractivity contribution in [3.63, 3.8) is 0 Å². The molecule has 2 saturated carbocycles. The minimum absolute atomic E-state index is 0.242. The van der Waals surface area contributed by atoms with E-state index in [-0.39, 0.29) is 22.3 Å². The van der Waals surface area contributed by atoms with Crippen molar-refractivity contribution in [3.05, 3.63) is 154 Å². The maximum absolute atomic E-state index is 12.5. The van der Waals surface area contributed by atoms with Crippen molar-refractivity contribution in [2.24, 2.45) is 0 Å². The summed E-state index contributed by atoms with van der Waals surface area (Å²) in [5.74, 6) is -4.50. The van der Waals surface area contributed by atoms with E-state index in [9.17, 15) is 38.4 Å². The lowest BCUT2D eigenvalue weighted by atomic mass is 9.79. The van der Waals surface area contributed by atoms with Crippen molar-refractivity contribution in [2.75, 3.05) is 26.4 Å². The minimum Gasteiger partial charge on any atom is -0.452 e. The molecule has 18 nitrogen and oxygen atoms in total. The van der Waals surface area contributed by atoms with Crippen LogP contribution in [0, 0.1) is 13.8 Å². The van der Waals surface area contributed by atoms with E-state index in [1.54, 1.807) is 13.8 Å². The number of rotatable bonds is 20. The van der Waals surface area contributed by atoms with E-state index < -0.39 is 94.6 Å². The summed E-state index contributed by atoms with van der Waals surface area (Å²) in [5, 5.41) is 1.92.